The van der Waals surface area contributed by atoms with Crippen LogP contribution >= 0.6 is 0 Å². The molecule has 1 amide bonds. The van der Waals surface area contributed by atoms with Gasteiger partial charge in [0.05, 0.1) is 6.10 Å². The number of hydrogen-bond donors (Lipinski definition) is 1. The number of ether oxygens (including phenoxy) is 1. The summed E-state index contributed by atoms with van der Waals surface area (Å²) in [7, 11) is 0. The summed E-state index contributed by atoms with van der Waals surface area (Å²) in [5.74, 6) is 0.0365. The third-order valence-electron chi connectivity index (χ3n) is 2.30. The Morgan fingerprint density at radius 3 is 2.54 bits per heavy atom. The average Bonchev–Trinajstić information content (AvgIpc) is 2.90. The summed E-state index contributed by atoms with van der Waals surface area (Å²) in [6.45, 7) is 4.38. The van der Waals surface area contributed by atoms with E-state index in [1.165, 1.54) is 0 Å². The lowest BCUT2D eigenvalue weighted by atomic mass is 10.2. The van der Waals surface area contributed by atoms with Gasteiger partial charge in [-0.1, -0.05) is 13.8 Å². The maximum absolute atomic E-state index is 11.2. The number of rotatable bonds is 6. The molecule has 0 radical (unpaired) electrons. The Morgan fingerprint density at radius 2 is 2.08 bits per heavy atom. The minimum atomic E-state index is 0.0365. The van der Waals surface area contributed by atoms with Crippen LogP contribution in [0.3, 0.4) is 0 Å². The van der Waals surface area contributed by atoms with Crippen molar-refractivity contribution in [3.63, 3.8) is 0 Å². The molecule has 0 aromatic carbocycles. The fraction of sp³-hybridized carbons (Fsp3) is 0.900. The number of carbonyl (C=O) groups is 1. The lowest BCUT2D eigenvalue weighted by molar-refractivity contribution is -0.127. The molecule has 0 heterocycles. The Kier molecular flexibility index (Phi) is 4.22. The summed E-state index contributed by atoms with van der Waals surface area (Å²) in [5.41, 5.74) is 0. The minimum absolute atomic E-state index is 0.0365. The minimum Gasteiger partial charge on any atom is -0.368 e. The highest BCUT2D eigenvalue weighted by Crippen LogP contribution is 2.18. The highest BCUT2D eigenvalue weighted by atomic mass is 16.5. The average molecular weight is 185 g/mol. The van der Waals surface area contributed by atoms with Crippen molar-refractivity contribution >= 4 is 5.91 Å². The summed E-state index contributed by atoms with van der Waals surface area (Å²) in [6.07, 6.45) is 4.47. The van der Waals surface area contributed by atoms with Crippen LogP contribution < -0.4 is 5.32 Å². The largest absolute Gasteiger partial charge is 0.368 e. The maximum atomic E-state index is 11.2. The Bertz CT molecular complexity index is 162. The van der Waals surface area contributed by atoms with E-state index in [1.54, 1.807) is 0 Å². The second kappa shape index (κ2) is 5.22. The highest BCUT2D eigenvalue weighted by Gasteiger charge is 2.23. The molecule has 1 rings (SSSR count). The molecule has 1 N–H and O–H groups in total. The van der Waals surface area contributed by atoms with Crippen molar-refractivity contribution in [1.82, 2.24) is 5.32 Å². The van der Waals surface area contributed by atoms with Crippen LogP contribution in [0.1, 0.15) is 39.5 Å². The number of nitrogens with one attached hydrogen (secondary N) is 1. The van der Waals surface area contributed by atoms with Crippen LogP contribution in [0.15, 0.2) is 0 Å². The van der Waals surface area contributed by atoms with Crippen LogP contribution in [-0.4, -0.2) is 24.7 Å². The second-order valence-electron chi connectivity index (χ2n) is 3.59. The summed E-state index contributed by atoms with van der Waals surface area (Å²) < 4.78 is 5.42. The van der Waals surface area contributed by atoms with E-state index in [2.05, 4.69) is 19.2 Å². The van der Waals surface area contributed by atoms with Crippen LogP contribution in [-0.2, 0) is 9.53 Å². The summed E-state index contributed by atoms with van der Waals surface area (Å²) in [6, 6.07) is 0.442. The molecule has 0 atom stereocenters. The molecule has 0 unspecified atom stereocenters. The second-order valence-corrected chi connectivity index (χ2v) is 3.59. The lowest BCUT2D eigenvalue weighted by Gasteiger charge is -2.13. The van der Waals surface area contributed by atoms with Crippen LogP contribution in [0.5, 0.6) is 0 Å². The number of carbonyl (C=O) groups excluding carboxylic acids is 1. The van der Waals surface area contributed by atoms with E-state index in [-0.39, 0.29) is 18.6 Å². The topological polar surface area (TPSA) is 38.3 Å². The first-order chi connectivity index (χ1) is 6.26. The fourth-order valence-electron chi connectivity index (χ4n) is 1.21. The molecule has 1 aliphatic rings. The highest BCUT2D eigenvalue weighted by molar-refractivity contribution is 5.77. The first-order valence-corrected chi connectivity index (χ1v) is 5.17. The van der Waals surface area contributed by atoms with Gasteiger partial charge in [-0.05, 0) is 25.7 Å². The van der Waals surface area contributed by atoms with Gasteiger partial charge in [0.15, 0.2) is 0 Å². The Morgan fingerprint density at radius 1 is 1.46 bits per heavy atom. The monoisotopic (exact) mass is 185 g/mol. The van der Waals surface area contributed by atoms with E-state index in [9.17, 15) is 4.79 Å². The molecule has 0 saturated heterocycles. The molecule has 1 saturated carbocycles. The van der Waals surface area contributed by atoms with Gasteiger partial charge >= 0.3 is 0 Å². The molecule has 0 spiro atoms. The molecule has 3 nitrogen and oxygen atoms in total. The standard InChI is InChI=1S/C10H19NO2/c1-3-9(4-2)13-7-10(12)11-8-5-6-8/h8-9H,3-7H2,1-2H3,(H,11,12). The predicted octanol–water partition coefficient (Wildman–Crippen LogP) is 1.47. The number of hydrogen-bond acceptors (Lipinski definition) is 2. The zero-order chi connectivity index (χ0) is 9.68. The van der Waals surface area contributed by atoms with Crippen molar-refractivity contribution in [2.45, 2.75) is 51.7 Å². The van der Waals surface area contributed by atoms with Gasteiger partial charge in [0.1, 0.15) is 6.61 Å². The van der Waals surface area contributed by atoms with E-state index in [0.717, 1.165) is 25.7 Å². The Balaban J connectivity index is 2.05. The van der Waals surface area contributed by atoms with E-state index in [0.29, 0.717) is 6.04 Å². The summed E-state index contributed by atoms with van der Waals surface area (Å²) in [4.78, 5) is 11.2. The molecule has 76 valence electrons. The molecule has 1 fully saturated rings. The van der Waals surface area contributed by atoms with Crippen molar-refractivity contribution < 1.29 is 9.53 Å². The smallest absolute Gasteiger partial charge is 0.246 e. The molecule has 0 aromatic rings. The van der Waals surface area contributed by atoms with Crippen molar-refractivity contribution in [3.05, 3.63) is 0 Å². The van der Waals surface area contributed by atoms with Crippen LogP contribution in [0, 0.1) is 0 Å². The summed E-state index contributed by atoms with van der Waals surface area (Å²) in [5, 5.41) is 2.89. The van der Waals surface area contributed by atoms with E-state index in [4.69, 9.17) is 4.74 Å². The maximum Gasteiger partial charge on any atom is 0.246 e. The van der Waals surface area contributed by atoms with Crippen LogP contribution in [0.25, 0.3) is 0 Å². The SMILES string of the molecule is CCC(CC)OCC(=O)NC1CC1. The van der Waals surface area contributed by atoms with Crippen molar-refractivity contribution in [2.75, 3.05) is 6.61 Å². The molecule has 0 aromatic heterocycles. The molecule has 1 aliphatic carbocycles. The molecule has 0 aliphatic heterocycles. The van der Waals surface area contributed by atoms with Gasteiger partial charge in [-0.2, -0.15) is 0 Å². The first-order valence-electron chi connectivity index (χ1n) is 5.17. The molecular weight excluding hydrogens is 166 g/mol. The van der Waals surface area contributed by atoms with Crippen LogP contribution in [0.4, 0.5) is 0 Å². The van der Waals surface area contributed by atoms with Gasteiger partial charge in [0, 0.05) is 6.04 Å². The fourth-order valence-corrected chi connectivity index (χ4v) is 1.21. The molecule has 13 heavy (non-hydrogen) atoms. The molecular formula is C10H19NO2. The third kappa shape index (κ3) is 4.27. The van der Waals surface area contributed by atoms with Gasteiger partial charge in [-0.3, -0.25) is 4.79 Å². The van der Waals surface area contributed by atoms with Gasteiger partial charge in [0.25, 0.3) is 0 Å². The quantitative estimate of drug-likeness (QED) is 0.680. The van der Waals surface area contributed by atoms with Crippen molar-refractivity contribution in [2.24, 2.45) is 0 Å². The van der Waals surface area contributed by atoms with E-state index in [1.807, 2.05) is 0 Å². The Hall–Kier alpha value is -0.570. The number of amides is 1. The summed E-state index contributed by atoms with van der Waals surface area (Å²) >= 11 is 0. The van der Waals surface area contributed by atoms with Gasteiger partial charge < -0.3 is 10.1 Å². The van der Waals surface area contributed by atoms with Crippen molar-refractivity contribution in [1.29, 1.82) is 0 Å². The predicted molar refractivity (Wildman–Crippen MR) is 51.5 cm³/mol. The van der Waals surface area contributed by atoms with Gasteiger partial charge in [0.2, 0.25) is 5.91 Å². The first kappa shape index (κ1) is 10.5. The van der Waals surface area contributed by atoms with E-state index < -0.39 is 0 Å². The third-order valence-corrected chi connectivity index (χ3v) is 2.30. The Labute approximate surface area is 79.8 Å². The van der Waals surface area contributed by atoms with E-state index >= 15 is 0 Å². The van der Waals surface area contributed by atoms with Gasteiger partial charge in [-0.25, -0.2) is 0 Å². The lowest BCUT2D eigenvalue weighted by Crippen LogP contribution is -2.31. The normalized spacial score (nSPS) is 16.2. The zero-order valence-corrected chi connectivity index (χ0v) is 8.51. The molecule has 3 heteroatoms. The van der Waals surface area contributed by atoms with Crippen molar-refractivity contribution in [3.8, 4) is 0 Å². The van der Waals surface area contributed by atoms with Crippen LogP contribution in [0.2, 0.25) is 0 Å². The molecule has 0 bridgehead atoms. The van der Waals surface area contributed by atoms with Gasteiger partial charge in [-0.15, -0.1) is 0 Å². The zero-order valence-electron chi connectivity index (χ0n) is 8.51.